The SMILES string of the molecule is O=C(c1cnc(C2CC2)nc1)N1CCC(Cc2nc3ccccc3[nH]2)CC1. The molecule has 1 aliphatic carbocycles. The fourth-order valence-corrected chi connectivity index (χ4v) is 3.90. The molecular formula is C21H23N5O. The van der Waals surface area contributed by atoms with E-state index in [4.69, 9.17) is 0 Å². The summed E-state index contributed by atoms with van der Waals surface area (Å²) < 4.78 is 0. The van der Waals surface area contributed by atoms with Crippen LogP contribution in [0.4, 0.5) is 0 Å². The highest BCUT2D eigenvalue weighted by atomic mass is 16.2. The third-order valence-corrected chi connectivity index (χ3v) is 5.68. The first-order chi connectivity index (χ1) is 13.3. The van der Waals surface area contributed by atoms with Crippen LogP contribution in [0, 0.1) is 5.92 Å². The Morgan fingerprint density at radius 3 is 2.52 bits per heavy atom. The summed E-state index contributed by atoms with van der Waals surface area (Å²) in [6.45, 7) is 1.57. The summed E-state index contributed by atoms with van der Waals surface area (Å²) >= 11 is 0. The van der Waals surface area contributed by atoms with E-state index in [1.165, 1.54) is 12.8 Å². The number of nitrogens with zero attached hydrogens (tertiary/aromatic N) is 4. The molecule has 1 aromatic carbocycles. The predicted octanol–water partition coefficient (Wildman–Crippen LogP) is 3.33. The largest absolute Gasteiger partial charge is 0.342 e. The number of H-pyrrole nitrogens is 1. The Labute approximate surface area is 158 Å². The van der Waals surface area contributed by atoms with E-state index in [1.54, 1.807) is 12.4 Å². The van der Waals surface area contributed by atoms with Crippen molar-refractivity contribution in [1.29, 1.82) is 0 Å². The molecule has 0 radical (unpaired) electrons. The van der Waals surface area contributed by atoms with Crippen LogP contribution >= 0.6 is 0 Å². The quantitative estimate of drug-likeness (QED) is 0.773. The number of fused-ring (bicyclic) bond motifs is 1. The summed E-state index contributed by atoms with van der Waals surface area (Å²) in [6, 6.07) is 8.13. The molecule has 5 rings (SSSR count). The van der Waals surface area contributed by atoms with Gasteiger partial charge >= 0.3 is 0 Å². The third kappa shape index (κ3) is 3.44. The fourth-order valence-electron chi connectivity index (χ4n) is 3.90. The van der Waals surface area contributed by atoms with Crippen molar-refractivity contribution in [3.05, 3.63) is 53.9 Å². The third-order valence-electron chi connectivity index (χ3n) is 5.68. The van der Waals surface area contributed by atoms with Gasteiger partial charge in [0.2, 0.25) is 0 Å². The number of imidazole rings is 1. The molecule has 1 amide bonds. The highest BCUT2D eigenvalue weighted by molar-refractivity contribution is 5.93. The molecule has 1 aliphatic heterocycles. The second-order valence-electron chi connectivity index (χ2n) is 7.74. The van der Waals surface area contributed by atoms with Crippen LogP contribution in [-0.4, -0.2) is 43.8 Å². The second kappa shape index (κ2) is 6.76. The average Bonchev–Trinajstić information content (AvgIpc) is 3.48. The van der Waals surface area contributed by atoms with E-state index in [2.05, 4.69) is 26.0 Å². The lowest BCUT2D eigenvalue weighted by atomic mass is 9.93. The van der Waals surface area contributed by atoms with Crippen molar-refractivity contribution in [2.24, 2.45) is 5.92 Å². The Kier molecular flexibility index (Phi) is 4.11. The molecule has 138 valence electrons. The Morgan fingerprint density at radius 1 is 1.07 bits per heavy atom. The Morgan fingerprint density at radius 2 is 1.81 bits per heavy atom. The molecule has 1 saturated carbocycles. The van der Waals surface area contributed by atoms with E-state index in [9.17, 15) is 4.79 Å². The van der Waals surface area contributed by atoms with Crippen molar-refractivity contribution >= 4 is 16.9 Å². The van der Waals surface area contributed by atoms with Crippen LogP contribution in [0.15, 0.2) is 36.7 Å². The van der Waals surface area contributed by atoms with Gasteiger partial charge in [0, 0.05) is 37.8 Å². The van der Waals surface area contributed by atoms with Gasteiger partial charge in [0.05, 0.1) is 16.6 Å². The Hall–Kier alpha value is -2.76. The zero-order chi connectivity index (χ0) is 18.2. The smallest absolute Gasteiger partial charge is 0.256 e. The van der Waals surface area contributed by atoms with Crippen LogP contribution in [0.3, 0.4) is 0 Å². The number of benzene rings is 1. The number of hydrogen-bond acceptors (Lipinski definition) is 4. The van der Waals surface area contributed by atoms with E-state index in [0.29, 0.717) is 17.4 Å². The molecule has 3 heterocycles. The number of hydrogen-bond donors (Lipinski definition) is 1. The van der Waals surface area contributed by atoms with Gasteiger partial charge in [0.15, 0.2) is 0 Å². The molecule has 0 spiro atoms. The van der Waals surface area contributed by atoms with Gasteiger partial charge in [-0.3, -0.25) is 4.79 Å². The summed E-state index contributed by atoms with van der Waals surface area (Å²) in [7, 11) is 0. The Bertz CT molecular complexity index is 919. The standard InChI is InChI=1S/C21H23N5O/c27-21(16-12-22-20(23-13-16)15-5-6-15)26-9-7-14(8-10-26)11-19-24-17-3-1-2-4-18(17)25-19/h1-4,12-15H,5-11H2,(H,24,25). The first-order valence-electron chi connectivity index (χ1n) is 9.81. The summed E-state index contributed by atoms with van der Waals surface area (Å²) in [5.41, 5.74) is 2.72. The highest BCUT2D eigenvalue weighted by Gasteiger charge is 2.28. The van der Waals surface area contributed by atoms with Crippen LogP contribution in [0.5, 0.6) is 0 Å². The molecule has 6 nitrogen and oxygen atoms in total. The van der Waals surface area contributed by atoms with Crippen LogP contribution in [0.25, 0.3) is 11.0 Å². The van der Waals surface area contributed by atoms with E-state index in [1.807, 2.05) is 23.1 Å². The molecule has 27 heavy (non-hydrogen) atoms. The zero-order valence-electron chi connectivity index (χ0n) is 15.3. The van der Waals surface area contributed by atoms with Gasteiger partial charge in [-0.1, -0.05) is 12.1 Å². The van der Waals surface area contributed by atoms with Gasteiger partial charge in [0.25, 0.3) is 5.91 Å². The van der Waals surface area contributed by atoms with E-state index in [0.717, 1.165) is 55.0 Å². The number of carbonyl (C=O) groups excluding carboxylic acids is 1. The average molecular weight is 361 g/mol. The molecule has 1 saturated heterocycles. The molecule has 1 N–H and O–H groups in total. The first-order valence-corrected chi connectivity index (χ1v) is 9.81. The predicted molar refractivity (Wildman–Crippen MR) is 102 cm³/mol. The minimum absolute atomic E-state index is 0.0551. The van der Waals surface area contributed by atoms with E-state index in [-0.39, 0.29) is 5.91 Å². The lowest BCUT2D eigenvalue weighted by Gasteiger charge is -2.31. The van der Waals surface area contributed by atoms with Crippen molar-refractivity contribution < 1.29 is 4.79 Å². The second-order valence-corrected chi connectivity index (χ2v) is 7.74. The lowest BCUT2D eigenvalue weighted by Crippen LogP contribution is -2.39. The summed E-state index contributed by atoms with van der Waals surface area (Å²) in [5.74, 6) is 3.06. The van der Waals surface area contributed by atoms with Crippen molar-refractivity contribution in [2.75, 3.05) is 13.1 Å². The van der Waals surface area contributed by atoms with E-state index < -0.39 is 0 Å². The van der Waals surface area contributed by atoms with Gasteiger partial charge < -0.3 is 9.88 Å². The van der Waals surface area contributed by atoms with Gasteiger partial charge in [0.1, 0.15) is 11.6 Å². The van der Waals surface area contributed by atoms with Gasteiger partial charge in [-0.2, -0.15) is 0 Å². The maximum absolute atomic E-state index is 12.7. The van der Waals surface area contributed by atoms with E-state index >= 15 is 0 Å². The number of nitrogens with one attached hydrogen (secondary N) is 1. The van der Waals surface area contributed by atoms with Crippen LogP contribution in [0.2, 0.25) is 0 Å². The molecular weight excluding hydrogens is 338 g/mol. The summed E-state index contributed by atoms with van der Waals surface area (Å²) in [6.07, 6.45) is 8.69. The number of carbonyl (C=O) groups is 1. The number of amides is 1. The van der Waals surface area contributed by atoms with Gasteiger partial charge in [-0.15, -0.1) is 0 Å². The first kappa shape index (κ1) is 16.4. The number of para-hydroxylation sites is 2. The van der Waals surface area contributed by atoms with Crippen molar-refractivity contribution in [1.82, 2.24) is 24.8 Å². The van der Waals surface area contributed by atoms with Gasteiger partial charge in [-0.25, -0.2) is 15.0 Å². The monoisotopic (exact) mass is 361 g/mol. The molecule has 0 atom stereocenters. The fraction of sp³-hybridized carbons (Fsp3) is 0.429. The van der Waals surface area contributed by atoms with Gasteiger partial charge in [-0.05, 0) is 43.7 Å². The van der Waals surface area contributed by atoms with Crippen LogP contribution < -0.4 is 0 Å². The number of aromatic nitrogens is 4. The maximum atomic E-state index is 12.7. The number of rotatable bonds is 4. The maximum Gasteiger partial charge on any atom is 0.256 e. The molecule has 0 bridgehead atoms. The molecule has 6 heteroatoms. The number of piperidine rings is 1. The van der Waals surface area contributed by atoms with Crippen molar-refractivity contribution in [2.45, 2.75) is 38.0 Å². The summed E-state index contributed by atoms with van der Waals surface area (Å²) in [5, 5.41) is 0. The van der Waals surface area contributed by atoms with Crippen molar-refractivity contribution in [3.8, 4) is 0 Å². The zero-order valence-corrected chi connectivity index (χ0v) is 15.3. The Balaban J connectivity index is 1.18. The summed E-state index contributed by atoms with van der Waals surface area (Å²) in [4.78, 5) is 31.5. The molecule has 2 aliphatic rings. The highest BCUT2D eigenvalue weighted by Crippen LogP contribution is 2.37. The molecule has 3 aromatic rings. The van der Waals surface area contributed by atoms with Crippen LogP contribution in [0.1, 0.15) is 53.6 Å². The molecule has 2 fully saturated rings. The van der Waals surface area contributed by atoms with Crippen LogP contribution in [-0.2, 0) is 6.42 Å². The minimum Gasteiger partial charge on any atom is -0.342 e. The topological polar surface area (TPSA) is 74.8 Å². The molecule has 0 unspecified atom stereocenters. The normalized spacial score (nSPS) is 18.1. The lowest BCUT2D eigenvalue weighted by molar-refractivity contribution is 0.0689. The molecule has 2 aromatic heterocycles. The van der Waals surface area contributed by atoms with Crippen molar-refractivity contribution in [3.63, 3.8) is 0 Å². The number of aromatic amines is 1. The number of likely N-dealkylation sites (tertiary alicyclic amines) is 1. The minimum atomic E-state index is 0.0551.